The van der Waals surface area contributed by atoms with Crippen LogP contribution in [0.4, 0.5) is 0 Å². The summed E-state index contributed by atoms with van der Waals surface area (Å²) < 4.78 is 18.4. The van der Waals surface area contributed by atoms with Crippen molar-refractivity contribution in [2.45, 2.75) is 76.7 Å². The Morgan fingerprint density at radius 3 is 2.24 bits per heavy atom. The fourth-order valence-corrected chi connectivity index (χ4v) is 10.9. The van der Waals surface area contributed by atoms with Gasteiger partial charge in [0.15, 0.2) is 5.79 Å². The van der Waals surface area contributed by atoms with Crippen LogP contribution in [-0.4, -0.2) is 50.3 Å². The Kier molecular flexibility index (Phi) is 8.42. The van der Waals surface area contributed by atoms with Gasteiger partial charge >= 0.3 is 5.97 Å². The van der Waals surface area contributed by atoms with E-state index in [1.54, 1.807) is 6.08 Å². The minimum absolute atomic E-state index is 0.0244. The molecule has 1 aliphatic heterocycles. The lowest BCUT2D eigenvalue weighted by Crippen LogP contribution is -2.67. The highest BCUT2D eigenvalue weighted by Gasteiger charge is 2.64. The molecule has 0 spiro atoms. The van der Waals surface area contributed by atoms with Crippen LogP contribution in [0.2, 0.25) is 5.04 Å². The van der Waals surface area contributed by atoms with Gasteiger partial charge in [-0.3, -0.25) is 9.59 Å². The molecular formula is C31H40O6Si. The predicted molar refractivity (Wildman–Crippen MR) is 150 cm³/mol. The summed E-state index contributed by atoms with van der Waals surface area (Å²) in [7, 11) is -2.79. The minimum Gasteiger partial charge on any atom is -0.462 e. The summed E-state index contributed by atoms with van der Waals surface area (Å²) in [6.07, 6.45) is 5.27. The Hall–Kier alpha value is -2.58. The van der Waals surface area contributed by atoms with Crippen LogP contribution in [0, 0.1) is 5.41 Å². The Balaban J connectivity index is 1.63. The van der Waals surface area contributed by atoms with E-state index in [0.717, 1.165) is 0 Å². The monoisotopic (exact) mass is 536 g/mol. The molecule has 204 valence electrons. The molecule has 1 N–H and O–H groups in total. The van der Waals surface area contributed by atoms with E-state index >= 15 is 0 Å². The van der Waals surface area contributed by atoms with Crippen LogP contribution >= 0.6 is 0 Å². The quantitative estimate of drug-likeness (QED) is 0.293. The summed E-state index contributed by atoms with van der Waals surface area (Å²) in [4.78, 5) is 24.4. The number of fused-ring (bicyclic) bond motifs is 1. The summed E-state index contributed by atoms with van der Waals surface area (Å²) in [5.74, 6) is -1.87. The lowest BCUT2D eigenvalue weighted by molar-refractivity contribution is -0.248. The van der Waals surface area contributed by atoms with E-state index in [0.29, 0.717) is 32.1 Å². The second-order valence-electron chi connectivity index (χ2n) is 11.5. The van der Waals surface area contributed by atoms with Crippen molar-refractivity contribution in [1.82, 2.24) is 0 Å². The van der Waals surface area contributed by atoms with Crippen molar-refractivity contribution in [1.29, 1.82) is 0 Å². The maximum absolute atomic E-state index is 13.3. The van der Waals surface area contributed by atoms with E-state index in [4.69, 9.17) is 13.9 Å². The number of carbonyl (C=O) groups is 2. The summed E-state index contributed by atoms with van der Waals surface area (Å²) in [6, 6.07) is 20.8. The first-order valence-electron chi connectivity index (χ1n) is 13.5. The zero-order valence-corrected chi connectivity index (χ0v) is 23.9. The molecule has 2 aromatic carbocycles. The largest absolute Gasteiger partial charge is 0.462 e. The molecule has 4 rings (SSSR count). The third-order valence-corrected chi connectivity index (χ3v) is 13.1. The summed E-state index contributed by atoms with van der Waals surface area (Å²) in [5.41, 5.74) is -1.03. The number of ketones is 1. The van der Waals surface area contributed by atoms with E-state index in [9.17, 15) is 14.7 Å². The van der Waals surface area contributed by atoms with Crippen LogP contribution in [0.25, 0.3) is 0 Å². The molecule has 3 atom stereocenters. The number of aliphatic hydroxyl groups is 1. The van der Waals surface area contributed by atoms with E-state index in [1.807, 2.05) is 42.5 Å². The molecule has 2 aliphatic rings. The Morgan fingerprint density at radius 1 is 1.08 bits per heavy atom. The van der Waals surface area contributed by atoms with Crippen LogP contribution in [0.5, 0.6) is 0 Å². The molecule has 0 aromatic heterocycles. The first kappa shape index (κ1) is 28.4. The lowest BCUT2D eigenvalue weighted by Gasteiger charge is -2.43. The van der Waals surface area contributed by atoms with Gasteiger partial charge in [0.05, 0.1) is 18.1 Å². The van der Waals surface area contributed by atoms with Gasteiger partial charge in [0.25, 0.3) is 8.32 Å². The number of esters is 1. The van der Waals surface area contributed by atoms with Crippen molar-refractivity contribution < 1.29 is 28.6 Å². The van der Waals surface area contributed by atoms with Gasteiger partial charge in [0.2, 0.25) is 0 Å². The van der Waals surface area contributed by atoms with E-state index in [1.165, 1.54) is 17.3 Å². The molecular weight excluding hydrogens is 496 g/mol. The molecule has 0 unspecified atom stereocenters. The Morgan fingerprint density at radius 2 is 1.68 bits per heavy atom. The molecule has 2 aromatic rings. The van der Waals surface area contributed by atoms with Gasteiger partial charge in [0, 0.05) is 19.8 Å². The van der Waals surface area contributed by atoms with Gasteiger partial charge in [-0.25, -0.2) is 0 Å². The van der Waals surface area contributed by atoms with Crippen molar-refractivity contribution in [2.75, 3.05) is 13.2 Å². The smallest absolute Gasteiger partial charge is 0.302 e. The number of carbonyl (C=O) groups excluding carboxylic acids is 2. The number of benzene rings is 2. The zero-order valence-electron chi connectivity index (χ0n) is 22.9. The van der Waals surface area contributed by atoms with Crippen LogP contribution in [0.1, 0.15) is 59.8 Å². The molecule has 6 nitrogen and oxygen atoms in total. The van der Waals surface area contributed by atoms with Gasteiger partial charge in [0.1, 0.15) is 12.4 Å². The van der Waals surface area contributed by atoms with E-state index in [-0.39, 0.29) is 30.0 Å². The average Bonchev–Trinajstić information content (AvgIpc) is 3.18. The van der Waals surface area contributed by atoms with E-state index in [2.05, 4.69) is 45.0 Å². The van der Waals surface area contributed by atoms with Gasteiger partial charge < -0.3 is 19.0 Å². The van der Waals surface area contributed by atoms with Crippen molar-refractivity contribution in [3.63, 3.8) is 0 Å². The van der Waals surface area contributed by atoms with Gasteiger partial charge in [-0.15, -0.1) is 0 Å². The number of hydrogen-bond donors (Lipinski definition) is 1. The SMILES string of the molecule is CC(=O)OC/C=C/C[C@@]12C[C@@H](CO[Si](c3ccccc3)(c3ccccc3)C(C)(C)C)O[C@]1(O)CCCC2=O. The molecule has 1 aliphatic carbocycles. The maximum atomic E-state index is 13.3. The summed E-state index contributed by atoms with van der Waals surface area (Å²) >= 11 is 0. The number of ether oxygens (including phenoxy) is 2. The van der Waals surface area contributed by atoms with Crippen molar-refractivity contribution in [3.8, 4) is 0 Å². The highest BCUT2D eigenvalue weighted by molar-refractivity contribution is 6.99. The third-order valence-electron chi connectivity index (χ3n) is 8.06. The van der Waals surface area contributed by atoms with Gasteiger partial charge in [-0.2, -0.15) is 0 Å². The lowest BCUT2D eigenvalue weighted by atomic mass is 9.65. The molecule has 1 heterocycles. The molecule has 0 bridgehead atoms. The third kappa shape index (κ3) is 5.30. The van der Waals surface area contributed by atoms with Gasteiger partial charge in [-0.05, 0) is 34.7 Å². The molecule has 7 heteroatoms. The van der Waals surface area contributed by atoms with Crippen molar-refractivity contribution >= 4 is 30.4 Å². The fraction of sp³-hybridized carbons (Fsp3) is 0.484. The standard InChI is InChI=1S/C31H40O6Si/c1-24(32)35-21-12-11-19-30-22-25(37-31(30,34)20-13-18-28(30)33)23-36-38(29(2,3)4,26-14-7-5-8-15-26)27-16-9-6-10-17-27/h5-12,14-17,25,34H,13,18-23H2,1-4H3/b12-11+/t25-,30-,31+/m0/s1. The number of Topliss-reactive ketones (excluding diaryl/α,β-unsaturated/α-hetero) is 1. The molecule has 38 heavy (non-hydrogen) atoms. The normalized spacial score (nSPS) is 25.9. The molecule has 1 saturated carbocycles. The highest BCUT2D eigenvalue weighted by Crippen LogP contribution is 2.54. The second kappa shape index (κ2) is 11.3. The Labute approximate surface area is 227 Å². The first-order valence-corrected chi connectivity index (χ1v) is 15.4. The topological polar surface area (TPSA) is 82.1 Å². The number of allylic oxidation sites excluding steroid dienone is 1. The molecule has 2 fully saturated rings. The summed E-state index contributed by atoms with van der Waals surface area (Å²) in [6.45, 7) is 8.45. The van der Waals surface area contributed by atoms with E-state index < -0.39 is 25.6 Å². The first-order chi connectivity index (χ1) is 18.0. The minimum atomic E-state index is -2.79. The highest BCUT2D eigenvalue weighted by atomic mass is 28.4. The predicted octanol–water partition coefficient (Wildman–Crippen LogP) is 4.29. The summed E-state index contributed by atoms with van der Waals surface area (Å²) in [5, 5.41) is 13.8. The zero-order chi connectivity index (χ0) is 27.4. The van der Waals surface area contributed by atoms with Gasteiger partial charge in [-0.1, -0.05) is 93.6 Å². The second-order valence-corrected chi connectivity index (χ2v) is 15.8. The number of rotatable bonds is 9. The van der Waals surface area contributed by atoms with Crippen LogP contribution < -0.4 is 10.4 Å². The average molecular weight is 537 g/mol. The molecule has 0 radical (unpaired) electrons. The van der Waals surface area contributed by atoms with Crippen LogP contribution in [-0.2, 0) is 23.5 Å². The fourth-order valence-electron chi connectivity index (χ4n) is 6.28. The Bertz CT molecular complexity index is 1100. The maximum Gasteiger partial charge on any atom is 0.302 e. The molecule has 0 amide bonds. The van der Waals surface area contributed by atoms with Crippen LogP contribution in [0.15, 0.2) is 72.8 Å². The van der Waals surface area contributed by atoms with Crippen molar-refractivity contribution in [3.05, 3.63) is 72.8 Å². The molecule has 1 saturated heterocycles. The van der Waals surface area contributed by atoms with Crippen LogP contribution in [0.3, 0.4) is 0 Å². The van der Waals surface area contributed by atoms with Crippen molar-refractivity contribution in [2.24, 2.45) is 5.41 Å². The number of hydrogen-bond acceptors (Lipinski definition) is 6.